The number of hydrogen-bond acceptors (Lipinski definition) is 3. The SMILES string of the molecule is CCN(C)c1ccnc(C2CC2)n1. The van der Waals surface area contributed by atoms with Gasteiger partial charge < -0.3 is 4.90 Å². The fraction of sp³-hybridized carbons (Fsp3) is 0.600. The predicted octanol–water partition coefficient (Wildman–Crippen LogP) is 1.81. The van der Waals surface area contributed by atoms with Gasteiger partial charge in [-0.15, -0.1) is 0 Å². The Morgan fingerprint density at radius 1 is 1.54 bits per heavy atom. The average molecular weight is 177 g/mol. The van der Waals surface area contributed by atoms with Gasteiger partial charge in [0.1, 0.15) is 11.6 Å². The lowest BCUT2D eigenvalue weighted by atomic mass is 10.4. The molecule has 0 saturated heterocycles. The second-order valence-electron chi connectivity index (χ2n) is 3.56. The second-order valence-corrected chi connectivity index (χ2v) is 3.56. The molecule has 3 nitrogen and oxygen atoms in total. The Bertz CT molecular complexity index is 294. The number of aromatic nitrogens is 2. The largest absolute Gasteiger partial charge is 0.360 e. The van der Waals surface area contributed by atoms with Crippen molar-refractivity contribution in [2.24, 2.45) is 0 Å². The van der Waals surface area contributed by atoms with Crippen LogP contribution in [0.4, 0.5) is 5.82 Å². The number of nitrogens with zero attached hydrogens (tertiary/aromatic N) is 3. The summed E-state index contributed by atoms with van der Waals surface area (Å²) >= 11 is 0. The highest BCUT2D eigenvalue weighted by molar-refractivity contribution is 5.36. The molecule has 1 saturated carbocycles. The quantitative estimate of drug-likeness (QED) is 0.705. The van der Waals surface area contributed by atoms with Crippen molar-refractivity contribution in [3.63, 3.8) is 0 Å². The molecule has 13 heavy (non-hydrogen) atoms. The van der Waals surface area contributed by atoms with E-state index >= 15 is 0 Å². The smallest absolute Gasteiger partial charge is 0.133 e. The van der Waals surface area contributed by atoms with Crippen LogP contribution in [0.1, 0.15) is 31.5 Å². The van der Waals surface area contributed by atoms with Crippen LogP contribution in [0.2, 0.25) is 0 Å². The zero-order valence-electron chi connectivity index (χ0n) is 8.20. The van der Waals surface area contributed by atoms with E-state index in [0.717, 1.165) is 18.2 Å². The van der Waals surface area contributed by atoms with Crippen LogP contribution in [-0.2, 0) is 0 Å². The zero-order valence-corrected chi connectivity index (χ0v) is 8.20. The van der Waals surface area contributed by atoms with Gasteiger partial charge in [-0.25, -0.2) is 9.97 Å². The van der Waals surface area contributed by atoms with E-state index in [9.17, 15) is 0 Å². The predicted molar refractivity (Wildman–Crippen MR) is 53.0 cm³/mol. The summed E-state index contributed by atoms with van der Waals surface area (Å²) in [4.78, 5) is 10.9. The van der Waals surface area contributed by atoms with E-state index in [1.807, 2.05) is 12.3 Å². The van der Waals surface area contributed by atoms with Crippen molar-refractivity contribution in [2.75, 3.05) is 18.5 Å². The van der Waals surface area contributed by atoms with E-state index in [-0.39, 0.29) is 0 Å². The van der Waals surface area contributed by atoms with Gasteiger partial charge in [0.2, 0.25) is 0 Å². The van der Waals surface area contributed by atoms with E-state index in [1.54, 1.807) is 0 Å². The standard InChI is InChI=1S/C10H15N3/c1-3-13(2)9-6-7-11-10(12-9)8-4-5-8/h6-8H,3-5H2,1-2H3. The summed E-state index contributed by atoms with van der Waals surface area (Å²) in [7, 11) is 2.05. The minimum atomic E-state index is 0.644. The lowest BCUT2D eigenvalue weighted by Gasteiger charge is -2.15. The number of rotatable bonds is 3. The van der Waals surface area contributed by atoms with Crippen molar-refractivity contribution < 1.29 is 0 Å². The van der Waals surface area contributed by atoms with Crippen LogP contribution >= 0.6 is 0 Å². The van der Waals surface area contributed by atoms with E-state index in [4.69, 9.17) is 0 Å². The van der Waals surface area contributed by atoms with Crippen molar-refractivity contribution in [3.8, 4) is 0 Å². The van der Waals surface area contributed by atoms with Crippen LogP contribution in [0.15, 0.2) is 12.3 Å². The Kier molecular flexibility index (Phi) is 2.17. The minimum Gasteiger partial charge on any atom is -0.360 e. The Morgan fingerprint density at radius 3 is 2.92 bits per heavy atom. The molecule has 1 aliphatic carbocycles. The molecule has 1 aliphatic rings. The topological polar surface area (TPSA) is 29.0 Å². The first-order valence-corrected chi connectivity index (χ1v) is 4.85. The molecule has 0 unspecified atom stereocenters. The highest BCUT2D eigenvalue weighted by Gasteiger charge is 2.26. The fourth-order valence-corrected chi connectivity index (χ4v) is 1.28. The molecular formula is C10H15N3. The summed E-state index contributed by atoms with van der Waals surface area (Å²) in [5.74, 6) is 2.71. The van der Waals surface area contributed by atoms with Crippen LogP contribution in [0.3, 0.4) is 0 Å². The van der Waals surface area contributed by atoms with Crippen LogP contribution in [-0.4, -0.2) is 23.6 Å². The van der Waals surface area contributed by atoms with Crippen molar-refractivity contribution in [1.82, 2.24) is 9.97 Å². The highest BCUT2D eigenvalue weighted by atomic mass is 15.2. The highest BCUT2D eigenvalue weighted by Crippen LogP contribution is 2.38. The van der Waals surface area contributed by atoms with Gasteiger partial charge in [-0.3, -0.25) is 0 Å². The van der Waals surface area contributed by atoms with Gasteiger partial charge in [0.15, 0.2) is 0 Å². The molecule has 1 heterocycles. The van der Waals surface area contributed by atoms with E-state index in [0.29, 0.717) is 5.92 Å². The van der Waals surface area contributed by atoms with E-state index < -0.39 is 0 Å². The van der Waals surface area contributed by atoms with Crippen LogP contribution in [0, 0.1) is 0 Å². The summed E-state index contributed by atoms with van der Waals surface area (Å²) in [6, 6.07) is 1.97. The fourth-order valence-electron chi connectivity index (χ4n) is 1.28. The third-order valence-electron chi connectivity index (χ3n) is 2.47. The molecule has 0 aromatic carbocycles. The monoisotopic (exact) mass is 177 g/mol. The Labute approximate surface area is 78.8 Å². The van der Waals surface area contributed by atoms with Crippen LogP contribution < -0.4 is 4.90 Å². The first kappa shape index (κ1) is 8.48. The second kappa shape index (κ2) is 3.32. The lowest BCUT2D eigenvalue weighted by Crippen LogP contribution is -2.17. The first-order valence-electron chi connectivity index (χ1n) is 4.85. The van der Waals surface area contributed by atoms with Gasteiger partial charge in [-0.05, 0) is 25.8 Å². The van der Waals surface area contributed by atoms with Crippen LogP contribution in [0.5, 0.6) is 0 Å². The maximum Gasteiger partial charge on any atom is 0.133 e. The molecule has 0 N–H and O–H groups in total. The minimum absolute atomic E-state index is 0.644. The molecule has 1 aromatic heterocycles. The number of anilines is 1. The normalized spacial score (nSPS) is 15.8. The number of hydrogen-bond donors (Lipinski definition) is 0. The van der Waals surface area contributed by atoms with Gasteiger partial charge in [0.25, 0.3) is 0 Å². The average Bonchev–Trinajstić information content (AvgIpc) is 3.00. The maximum atomic E-state index is 4.52. The molecule has 0 amide bonds. The van der Waals surface area contributed by atoms with Gasteiger partial charge in [0, 0.05) is 25.7 Å². The van der Waals surface area contributed by atoms with Gasteiger partial charge >= 0.3 is 0 Å². The van der Waals surface area contributed by atoms with Gasteiger partial charge in [0.05, 0.1) is 0 Å². The molecule has 1 fully saturated rings. The van der Waals surface area contributed by atoms with Gasteiger partial charge in [-0.1, -0.05) is 0 Å². The molecule has 2 rings (SSSR count). The van der Waals surface area contributed by atoms with Crippen molar-refractivity contribution in [3.05, 3.63) is 18.1 Å². The van der Waals surface area contributed by atoms with Crippen LogP contribution in [0.25, 0.3) is 0 Å². The third kappa shape index (κ3) is 1.79. The molecule has 3 heteroatoms. The zero-order chi connectivity index (χ0) is 9.26. The molecule has 0 aliphatic heterocycles. The molecule has 0 atom stereocenters. The van der Waals surface area contributed by atoms with Crippen molar-refractivity contribution in [1.29, 1.82) is 0 Å². The lowest BCUT2D eigenvalue weighted by molar-refractivity contribution is 0.874. The third-order valence-corrected chi connectivity index (χ3v) is 2.47. The Balaban J connectivity index is 2.21. The Hall–Kier alpha value is -1.12. The molecule has 0 bridgehead atoms. The molecule has 0 spiro atoms. The van der Waals surface area contributed by atoms with Gasteiger partial charge in [-0.2, -0.15) is 0 Å². The van der Waals surface area contributed by atoms with Crippen molar-refractivity contribution >= 4 is 5.82 Å². The summed E-state index contributed by atoms with van der Waals surface area (Å²) < 4.78 is 0. The van der Waals surface area contributed by atoms with E-state index in [2.05, 4.69) is 28.8 Å². The molecule has 70 valence electrons. The Morgan fingerprint density at radius 2 is 2.31 bits per heavy atom. The first-order chi connectivity index (χ1) is 6.31. The summed E-state index contributed by atoms with van der Waals surface area (Å²) in [5, 5.41) is 0. The summed E-state index contributed by atoms with van der Waals surface area (Å²) in [6.45, 7) is 3.11. The van der Waals surface area contributed by atoms with Crippen molar-refractivity contribution in [2.45, 2.75) is 25.7 Å². The molecule has 0 radical (unpaired) electrons. The summed E-state index contributed by atoms with van der Waals surface area (Å²) in [6.07, 6.45) is 4.39. The summed E-state index contributed by atoms with van der Waals surface area (Å²) in [5.41, 5.74) is 0. The molecule has 1 aromatic rings. The van der Waals surface area contributed by atoms with E-state index in [1.165, 1.54) is 12.8 Å². The molecular weight excluding hydrogens is 162 g/mol. The maximum absolute atomic E-state index is 4.52.